The van der Waals surface area contributed by atoms with Crippen molar-refractivity contribution < 1.29 is 22.7 Å². The number of nitrogens with zero attached hydrogens (tertiary/aromatic N) is 3. The third-order valence-corrected chi connectivity index (χ3v) is 7.36. The fraction of sp³-hybridized carbons (Fsp3) is 0.421. The molecule has 1 heterocycles. The molecule has 1 N–H and O–H groups in total. The van der Waals surface area contributed by atoms with E-state index in [0.29, 0.717) is 18.8 Å². The van der Waals surface area contributed by atoms with Crippen molar-refractivity contribution >= 4 is 50.8 Å². The van der Waals surface area contributed by atoms with Crippen LogP contribution >= 0.6 is 23.2 Å². The maximum absolute atomic E-state index is 12.7. The van der Waals surface area contributed by atoms with E-state index in [2.05, 4.69) is 10.4 Å². The van der Waals surface area contributed by atoms with Gasteiger partial charge in [-0.05, 0) is 32.0 Å². The molecule has 1 aromatic heterocycles. The Hall–Kier alpha value is -2.14. The molecule has 9 nitrogen and oxygen atoms in total. The summed E-state index contributed by atoms with van der Waals surface area (Å²) >= 11 is 12.2. The molecule has 2 rings (SSSR count). The minimum absolute atomic E-state index is 0.0154. The highest BCUT2D eigenvalue weighted by Crippen LogP contribution is 2.27. The molecule has 0 saturated carbocycles. The predicted octanol–water partition coefficient (Wildman–Crippen LogP) is 3.25. The molecule has 0 aliphatic rings. The van der Waals surface area contributed by atoms with Crippen LogP contribution in [0.3, 0.4) is 0 Å². The lowest BCUT2D eigenvalue weighted by atomic mass is 10.2. The smallest absolute Gasteiger partial charge is 0.343 e. The molecule has 12 heteroatoms. The largest absolute Gasteiger partial charge is 0.449 e. The molecule has 31 heavy (non-hydrogen) atoms. The van der Waals surface area contributed by atoms with E-state index in [-0.39, 0.29) is 26.3 Å². The third kappa shape index (κ3) is 5.38. The molecule has 1 unspecified atom stereocenters. The van der Waals surface area contributed by atoms with Crippen LogP contribution in [0.4, 0.5) is 5.69 Å². The first-order chi connectivity index (χ1) is 14.4. The molecule has 0 radical (unpaired) electrons. The molecule has 1 aromatic carbocycles. The lowest BCUT2D eigenvalue weighted by molar-refractivity contribution is -0.123. The van der Waals surface area contributed by atoms with Crippen LogP contribution < -0.4 is 5.32 Å². The van der Waals surface area contributed by atoms with E-state index in [1.165, 1.54) is 34.1 Å². The van der Waals surface area contributed by atoms with Crippen LogP contribution in [0.5, 0.6) is 0 Å². The van der Waals surface area contributed by atoms with Gasteiger partial charge in [-0.15, -0.1) is 0 Å². The lowest BCUT2D eigenvalue weighted by Gasteiger charge is -2.19. The van der Waals surface area contributed by atoms with Crippen LogP contribution in [0.15, 0.2) is 23.1 Å². The van der Waals surface area contributed by atoms with Crippen molar-refractivity contribution in [1.82, 2.24) is 14.1 Å². The second kappa shape index (κ2) is 9.99. The van der Waals surface area contributed by atoms with E-state index in [1.54, 1.807) is 27.8 Å². The number of sulfonamides is 1. The highest BCUT2D eigenvalue weighted by molar-refractivity contribution is 7.89. The summed E-state index contributed by atoms with van der Waals surface area (Å²) < 4.78 is 33.3. The van der Waals surface area contributed by atoms with E-state index in [9.17, 15) is 18.0 Å². The number of amides is 1. The number of hydrogen-bond acceptors (Lipinski definition) is 6. The van der Waals surface area contributed by atoms with E-state index in [4.69, 9.17) is 27.9 Å². The maximum atomic E-state index is 12.7. The Morgan fingerprint density at radius 2 is 1.87 bits per heavy atom. The van der Waals surface area contributed by atoms with Crippen molar-refractivity contribution in [2.75, 3.05) is 18.4 Å². The van der Waals surface area contributed by atoms with Gasteiger partial charge < -0.3 is 10.1 Å². The summed E-state index contributed by atoms with van der Waals surface area (Å²) in [4.78, 5) is 24.9. The van der Waals surface area contributed by atoms with Gasteiger partial charge in [-0.25, -0.2) is 13.2 Å². The summed E-state index contributed by atoms with van der Waals surface area (Å²) in [5, 5.41) is 6.76. The van der Waals surface area contributed by atoms with Crippen molar-refractivity contribution in [1.29, 1.82) is 0 Å². The van der Waals surface area contributed by atoms with Crippen LogP contribution in [0.1, 0.15) is 36.8 Å². The quantitative estimate of drug-likeness (QED) is 0.568. The van der Waals surface area contributed by atoms with E-state index >= 15 is 0 Å². The topological polar surface area (TPSA) is 111 Å². The second-order valence-corrected chi connectivity index (χ2v) is 9.35. The van der Waals surface area contributed by atoms with Crippen LogP contribution in [-0.4, -0.2) is 53.6 Å². The van der Waals surface area contributed by atoms with Crippen molar-refractivity contribution in [3.63, 3.8) is 0 Å². The number of rotatable bonds is 8. The molecule has 0 spiro atoms. The van der Waals surface area contributed by atoms with Gasteiger partial charge in [0.05, 0.1) is 21.3 Å². The minimum atomic E-state index is -3.74. The summed E-state index contributed by atoms with van der Waals surface area (Å²) in [5.74, 6) is -1.49. The lowest BCUT2D eigenvalue weighted by Crippen LogP contribution is -2.31. The standard InChI is InChI=1S/C19H24Cl2N4O5S/c1-6-25(7-2)31(28,29)13-8-9-14(20)15(10-13)22-18(26)12(4)30-19(27)16-11(3)23-24(5)17(16)21/h8-10,12H,6-7H2,1-5H3,(H,22,26). The Kier molecular flexibility index (Phi) is 8.09. The number of hydrogen-bond donors (Lipinski definition) is 1. The first-order valence-corrected chi connectivity index (χ1v) is 11.6. The first-order valence-electron chi connectivity index (χ1n) is 9.44. The van der Waals surface area contributed by atoms with Gasteiger partial charge in [0.15, 0.2) is 6.10 Å². The molecule has 0 fully saturated rings. The summed E-state index contributed by atoms with van der Waals surface area (Å²) in [6.07, 6.45) is -1.21. The van der Waals surface area contributed by atoms with Gasteiger partial charge in [0, 0.05) is 20.1 Å². The number of esters is 1. The maximum Gasteiger partial charge on any atom is 0.343 e. The molecular weight excluding hydrogens is 467 g/mol. The molecule has 170 valence electrons. The first kappa shape index (κ1) is 25.1. The van der Waals surface area contributed by atoms with Gasteiger partial charge in [-0.2, -0.15) is 9.40 Å². The summed E-state index contributed by atoms with van der Waals surface area (Å²) in [6, 6.07) is 4.01. The number of aryl methyl sites for hydroxylation is 2. The second-order valence-electron chi connectivity index (χ2n) is 6.64. The zero-order valence-electron chi connectivity index (χ0n) is 17.8. The zero-order valence-corrected chi connectivity index (χ0v) is 20.1. The highest BCUT2D eigenvalue weighted by Gasteiger charge is 2.26. The SMILES string of the molecule is CCN(CC)S(=O)(=O)c1ccc(Cl)c(NC(=O)C(C)OC(=O)c2c(C)nn(C)c2Cl)c1. The average Bonchev–Trinajstić information content (AvgIpc) is 2.95. The van der Waals surface area contributed by atoms with E-state index in [1.807, 2.05) is 0 Å². The fourth-order valence-electron chi connectivity index (χ4n) is 2.84. The predicted molar refractivity (Wildman–Crippen MR) is 118 cm³/mol. The van der Waals surface area contributed by atoms with Gasteiger partial charge in [0.25, 0.3) is 5.91 Å². The number of benzene rings is 1. The molecular formula is C19H24Cl2N4O5S. The zero-order chi connectivity index (χ0) is 23.5. The Morgan fingerprint density at radius 1 is 1.26 bits per heavy atom. The molecule has 0 saturated heterocycles. The summed E-state index contributed by atoms with van der Waals surface area (Å²) in [7, 11) is -2.17. The number of carbonyl (C=O) groups is 2. The fourth-order valence-corrected chi connectivity index (χ4v) is 4.74. The van der Waals surface area contributed by atoms with Gasteiger partial charge in [0.1, 0.15) is 10.7 Å². The Bertz CT molecular complexity index is 1100. The molecule has 0 bridgehead atoms. The highest BCUT2D eigenvalue weighted by atomic mass is 35.5. The van der Waals surface area contributed by atoms with Gasteiger partial charge in [0.2, 0.25) is 10.0 Å². The normalized spacial score (nSPS) is 12.6. The minimum Gasteiger partial charge on any atom is -0.449 e. The summed E-state index contributed by atoms with van der Waals surface area (Å²) in [6.45, 7) is 7.02. The molecule has 2 aromatic rings. The van der Waals surface area contributed by atoms with Crippen molar-refractivity contribution in [3.05, 3.63) is 39.6 Å². The molecule has 1 amide bonds. The van der Waals surface area contributed by atoms with Gasteiger partial charge >= 0.3 is 5.97 Å². The van der Waals surface area contributed by atoms with Crippen LogP contribution in [0.25, 0.3) is 0 Å². The summed E-state index contributed by atoms with van der Waals surface area (Å²) in [5.41, 5.74) is 0.509. The number of carbonyl (C=O) groups excluding carboxylic acids is 2. The van der Waals surface area contributed by atoms with Crippen LogP contribution in [0.2, 0.25) is 10.2 Å². The number of ether oxygens (including phenoxy) is 1. The van der Waals surface area contributed by atoms with Crippen LogP contribution in [-0.2, 0) is 26.6 Å². The molecule has 1 atom stereocenters. The number of anilines is 1. The van der Waals surface area contributed by atoms with Crippen molar-refractivity contribution in [2.24, 2.45) is 7.05 Å². The van der Waals surface area contributed by atoms with Crippen molar-refractivity contribution in [2.45, 2.75) is 38.7 Å². The van der Waals surface area contributed by atoms with E-state index in [0.717, 1.165) is 0 Å². The number of aromatic nitrogens is 2. The average molecular weight is 491 g/mol. The number of halogens is 2. The Morgan fingerprint density at radius 3 is 2.39 bits per heavy atom. The Balaban J connectivity index is 2.20. The molecule has 0 aliphatic heterocycles. The third-order valence-electron chi connectivity index (χ3n) is 4.55. The van der Waals surface area contributed by atoms with Gasteiger partial charge in [-0.1, -0.05) is 37.0 Å². The van der Waals surface area contributed by atoms with Crippen LogP contribution in [0, 0.1) is 6.92 Å². The number of nitrogens with one attached hydrogen (secondary N) is 1. The van der Waals surface area contributed by atoms with Crippen molar-refractivity contribution in [3.8, 4) is 0 Å². The Labute approximate surface area is 191 Å². The van der Waals surface area contributed by atoms with E-state index < -0.39 is 28.0 Å². The van der Waals surface area contributed by atoms with Gasteiger partial charge in [-0.3, -0.25) is 9.48 Å². The molecule has 0 aliphatic carbocycles. The monoisotopic (exact) mass is 490 g/mol.